The summed E-state index contributed by atoms with van der Waals surface area (Å²) >= 11 is 0. The minimum Gasteiger partial charge on any atom is -0.480 e. The lowest BCUT2D eigenvalue weighted by Gasteiger charge is -2.15. The fourth-order valence-corrected chi connectivity index (χ4v) is 3.39. The van der Waals surface area contributed by atoms with E-state index in [4.69, 9.17) is 0 Å². The number of hydrogen-bond donors (Lipinski definition) is 3. The molecule has 3 N–H and O–H groups in total. The summed E-state index contributed by atoms with van der Waals surface area (Å²) in [5, 5.41) is 11.8. The molecule has 0 heterocycles. The van der Waals surface area contributed by atoms with Gasteiger partial charge in [-0.05, 0) is 36.2 Å². The molecule has 2 aromatic carbocycles. The second-order valence-electron chi connectivity index (χ2n) is 5.41. The Morgan fingerprint density at radius 2 is 1.64 bits per heavy atom. The number of sulfonamides is 1. The first kappa shape index (κ1) is 18.6. The second kappa shape index (κ2) is 7.91. The molecule has 0 aromatic heterocycles. The van der Waals surface area contributed by atoms with Crippen LogP contribution in [-0.4, -0.2) is 31.4 Å². The number of rotatable bonds is 7. The molecule has 0 bridgehead atoms. The maximum atomic E-state index is 12.4. The molecule has 0 spiro atoms. The molecule has 0 aliphatic heterocycles. The van der Waals surface area contributed by atoms with Crippen molar-refractivity contribution in [3.8, 4) is 0 Å². The molecule has 2 rings (SSSR count). The van der Waals surface area contributed by atoms with Crippen LogP contribution in [0.5, 0.6) is 0 Å². The maximum Gasteiger partial charge on any atom is 0.322 e. The number of benzene rings is 2. The molecule has 0 aliphatic carbocycles. The summed E-state index contributed by atoms with van der Waals surface area (Å²) in [7, 11) is -4.01. The van der Waals surface area contributed by atoms with Crippen LogP contribution in [0.25, 0.3) is 0 Å². The van der Waals surface area contributed by atoms with Crippen molar-refractivity contribution in [2.45, 2.75) is 24.3 Å². The van der Waals surface area contributed by atoms with E-state index in [1.54, 1.807) is 30.3 Å². The molecular weight excluding hydrogens is 344 g/mol. The quantitative estimate of drug-likeness (QED) is 0.693. The van der Waals surface area contributed by atoms with Crippen molar-refractivity contribution in [2.75, 3.05) is 5.32 Å². The number of carbonyl (C=O) groups excluding carboxylic acids is 1. The van der Waals surface area contributed by atoms with Crippen molar-refractivity contribution < 1.29 is 23.1 Å². The van der Waals surface area contributed by atoms with Gasteiger partial charge >= 0.3 is 5.97 Å². The summed E-state index contributed by atoms with van der Waals surface area (Å²) in [5.74, 6) is -1.54. The summed E-state index contributed by atoms with van der Waals surface area (Å²) in [6, 6.07) is 12.9. The van der Waals surface area contributed by atoms with E-state index in [1.807, 2.05) is 0 Å². The largest absolute Gasteiger partial charge is 0.480 e. The lowest BCUT2D eigenvalue weighted by Crippen LogP contribution is -2.42. The Balaban J connectivity index is 2.16. The van der Waals surface area contributed by atoms with Gasteiger partial charge in [0, 0.05) is 12.6 Å². The van der Waals surface area contributed by atoms with Gasteiger partial charge in [-0.25, -0.2) is 8.42 Å². The zero-order chi connectivity index (χ0) is 18.4. The Kier molecular flexibility index (Phi) is 5.89. The minimum absolute atomic E-state index is 0.0272. The van der Waals surface area contributed by atoms with Gasteiger partial charge in [-0.1, -0.05) is 30.3 Å². The molecular formula is C17H18N2O5S. The molecule has 132 valence electrons. The molecule has 0 aliphatic rings. The Morgan fingerprint density at radius 3 is 2.16 bits per heavy atom. The molecule has 1 atom stereocenters. The Hall–Kier alpha value is -2.71. The molecule has 0 fully saturated rings. The molecule has 8 heteroatoms. The van der Waals surface area contributed by atoms with E-state index in [1.165, 1.54) is 31.2 Å². The number of anilines is 1. The average molecular weight is 362 g/mol. The van der Waals surface area contributed by atoms with Gasteiger partial charge in [0.15, 0.2) is 0 Å². The SMILES string of the molecule is CC(=O)Nc1ccc(S(=O)(=O)N[C@@H](Cc2ccccc2)C(=O)O)cc1. The zero-order valence-electron chi connectivity index (χ0n) is 13.5. The smallest absolute Gasteiger partial charge is 0.322 e. The number of amides is 1. The monoisotopic (exact) mass is 362 g/mol. The van der Waals surface area contributed by atoms with E-state index < -0.39 is 22.0 Å². The average Bonchev–Trinajstić information content (AvgIpc) is 2.55. The van der Waals surface area contributed by atoms with Gasteiger partial charge < -0.3 is 10.4 Å². The third-order valence-corrected chi connectivity index (χ3v) is 4.85. The molecule has 7 nitrogen and oxygen atoms in total. The number of carboxylic acids is 1. The molecule has 0 radical (unpaired) electrons. The lowest BCUT2D eigenvalue weighted by molar-refractivity contribution is -0.138. The van der Waals surface area contributed by atoms with Crippen LogP contribution < -0.4 is 10.0 Å². The number of carbonyl (C=O) groups is 2. The summed E-state index contributed by atoms with van der Waals surface area (Å²) in [5.41, 5.74) is 1.16. The van der Waals surface area contributed by atoms with E-state index in [0.717, 1.165) is 0 Å². The van der Waals surface area contributed by atoms with Crippen molar-refractivity contribution >= 4 is 27.6 Å². The second-order valence-corrected chi connectivity index (χ2v) is 7.12. The first-order valence-corrected chi connectivity index (χ1v) is 8.93. The highest BCUT2D eigenvalue weighted by Crippen LogP contribution is 2.15. The van der Waals surface area contributed by atoms with Crippen LogP contribution in [0.1, 0.15) is 12.5 Å². The van der Waals surface area contributed by atoms with Crippen LogP contribution in [0.15, 0.2) is 59.5 Å². The van der Waals surface area contributed by atoms with Crippen molar-refractivity contribution in [3.05, 3.63) is 60.2 Å². The van der Waals surface area contributed by atoms with Crippen molar-refractivity contribution in [1.82, 2.24) is 4.72 Å². The van der Waals surface area contributed by atoms with Crippen LogP contribution in [0.3, 0.4) is 0 Å². The van der Waals surface area contributed by atoms with Gasteiger partial charge in [-0.15, -0.1) is 0 Å². The Morgan fingerprint density at radius 1 is 1.04 bits per heavy atom. The summed E-state index contributed by atoms with van der Waals surface area (Å²) in [4.78, 5) is 22.3. The normalized spacial score (nSPS) is 12.4. The summed E-state index contributed by atoms with van der Waals surface area (Å²) < 4.78 is 27.0. The highest BCUT2D eigenvalue weighted by molar-refractivity contribution is 7.89. The Labute approximate surface area is 145 Å². The molecule has 0 saturated carbocycles. The number of nitrogens with one attached hydrogen (secondary N) is 2. The van der Waals surface area contributed by atoms with Crippen LogP contribution in [0.2, 0.25) is 0 Å². The van der Waals surface area contributed by atoms with Gasteiger partial charge in [-0.2, -0.15) is 4.72 Å². The summed E-state index contributed by atoms with van der Waals surface area (Å²) in [6.45, 7) is 1.34. The summed E-state index contributed by atoms with van der Waals surface area (Å²) in [6.07, 6.45) is 0.0272. The minimum atomic E-state index is -4.01. The van der Waals surface area contributed by atoms with Gasteiger partial charge in [0.25, 0.3) is 0 Å². The predicted octanol–water partition coefficient (Wildman–Crippen LogP) is 1.62. The third-order valence-electron chi connectivity index (χ3n) is 3.36. The number of carboxylic acid groups (broad SMARTS) is 1. The predicted molar refractivity (Wildman–Crippen MR) is 92.6 cm³/mol. The van der Waals surface area contributed by atoms with E-state index in [9.17, 15) is 23.1 Å². The van der Waals surface area contributed by atoms with E-state index in [-0.39, 0.29) is 17.2 Å². The molecule has 2 aromatic rings. The number of aliphatic carboxylic acids is 1. The van der Waals surface area contributed by atoms with Crippen LogP contribution in [0, 0.1) is 0 Å². The van der Waals surface area contributed by atoms with Gasteiger partial charge in [0.2, 0.25) is 15.9 Å². The van der Waals surface area contributed by atoms with E-state index >= 15 is 0 Å². The number of hydrogen-bond acceptors (Lipinski definition) is 4. The van der Waals surface area contributed by atoms with Crippen LogP contribution >= 0.6 is 0 Å². The van der Waals surface area contributed by atoms with E-state index in [0.29, 0.717) is 11.3 Å². The maximum absolute atomic E-state index is 12.4. The standard InChI is InChI=1S/C17H18N2O5S/c1-12(20)18-14-7-9-15(10-8-14)25(23,24)19-16(17(21)22)11-13-5-3-2-4-6-13/h2-10,16,19H,11H2,1H3,(H,18,20)(H,21,22)/t16-/m0/s1. The Bertz CT molecular complexity index is 848. The molecule has 25 heavy (non-hydrogen) atoms. The lowest BCUT2D eigenvalue weighted by atomic mass is 10.1. The zero-order valence-corrected chi connectivity index (χ0v) is 14.3. The molecule has 0 saturated heterocycles. The molecule has 1 amide bonds. The highest BCUT2D eigenvalue weighted by Gasteiger charge is 2.25. The first-order chi connectivity index (χ1) is 11.8. The van der Waals surface area contributed by atoms with Gasteiger partial charge in [-0.3, -0.25) is 9.59 Å². The van der Waals surface area contributed by atoms with Gasteiger partial charge in [0.1, 0.15) is 6.04 Å². The topological polar surface area (TPSA) is 113 Å². The third kappa shape index (κ3) is 5.40. The van der Waals surface area contributed by atoms with Crippen molar-refractivity contribution in [3.63, 3.8) is 0 Å². The van der Waals surface area contributed by atoms with Crippen molar-refractivity contribution in [1.29, 1.82) is 0 Å². The highest BCUT2D eigenvalue weighted by atomic mass is 32.2. The van der Waals surface area contributed by atoms with Crippen LogP contribution in [0.4, 0.5) is 5.69 Å². The van der Waals surface area contributed by atoms with Crippen LogP contribution in [-0.2, 0) is 26.0 Å². The fraction of sp³-hybridized carbons (Fsp3) is 0.176. The van der Waals surface area contributed by atoms with Gasteiger partial charge in [0.05, 0.1) is 4.90 Å². The molecule has 0 unspecified atom stereocenters. The fourth-order valence-electron chi connectivity index (χ4n) is 2.21. The van der Waals surface area contributed by atoms with E-state index in [2.05, 4.69) is 10.0 Å². The van der Waals surface area contributed by atoms with Crippen molar-refractivity contribution in [2.24, 2.45) is 0 Å². The first-order valence-electron chi connectivity index (χ1n) is 7.44.